The van der Waals surface area contributed by atoms with Crippen LogP contribution in [0.4, 0.5) is 5.82 Å². The van der Waals surface area contributed by atoms with Crippen LogP contribution in [0.5, 0.6) is 5.75 Å². The van der Waals surface area contributed by atoms with Gasteiger partial charge in [0, 0.05) is 37.6 Å². The van der Waals surface area contributed by atoms with E-state index in [1.54, 1.807) is 36.7 Å². The Labute approximate surface area is 222 Å². The van der Waals surface area contributed by atoms with E-state index in [0.29, 0.717) is 23.7 Å². The zero-order valence-corrected chi connectivity index (χ0v) is 22.0. The monoisotopic (exact) mass is 531 g/mol. The molecule has 0 radical (unpaired) electrons. The molecule has 10 heteroatoms. The number of ether oxygens (including phenoxy) is 1. The summed E-state index contributed by atoms with van der Waals surface area (Å²) in [5.41, 5.74) is 4.07. The first kappa shape index (κ1) is 26.8. The summed E-state index contributed by atoms with van der Waals surface area (Å²) in [5, 5.41) is 6.02. The number of nitrogens with one attached hydrogen (secondary N) is 3. The van der Waals surface area contributed by atoms with Crippen LogP contribution in [0, 0.1) is 6.92 Å². The molecule has 4 aromatic rings. The SMILES string of the molecule is COc1ccc(S(=O)(=O)NCCNC(=O)c2ccc(-c3ccccc3C)nc2NCc2cccnc2)cc1. The van der Waals surface area contributed by atoms with E-state index in [4.69, 9.17) is 9.72 Å². The van der Waals surface area contributed by atoms with Crippen LogP contribution in [0.3, 0.4) is 0 Å². The molecule has 9 nitrogen and oxygen atoms in total. The van der Waals surface area contributed by atoms with Crippen molar-refractivity contribution >= 4 is 21.7 Å². The zero-order valence-electron chi connectivity index (χ0n) is 21.1. The Morgan fingerprint density at radius 1 is 0.947 bits per heavy atom. The topological polar surface area (TPSA) is 122 Å². The summed E-state index contributed by atoms with van der Waals surface area (Å²) in [5.74, 6) is 0.614. The molecule has 0 spiro atoms. The maximum absolute atomic E-state index is 13.1. The number of methoxy groups -OCH3 is 1. The Bertz CT molecular complexity index is 1490. The van der Waals surface area contributed by atoms with Gasteiger partial charge in [0.05, 0.1) is 23.3 Å². The first-order valence-corrected chi connectivity index (χ1v) is 13.5. The third kappa shape index (κ3) is 6.72. The molecule has 1 amide bonds. The molecule has 0 saturated heterocycles. The number of carbonyl (C=O) groups is 1. The normalized spacial score (nSPS) is 11.1. The predicted molar refractivity (Wildman–Crippen MR) is 146 cm³/mol. The van der Waals surface area contributed by atoms with Crippen LogP contribution in [0.15, 0.2) is 90.1 Å². The first-order chi connectivity index (χ1) is 18.4. The highest BCUT2D eigenvalue weighted by Gasteiger charge is 2.17. The predicted octanol–water partition coefficient (Wildman–Crippen LogP) is 3.78. The van der Waals surface area contributed by atoms with Gasteiger partial charge in [-0.3, -0.25) is 9.78 Å². The molecule has 0 saturated carbocycles. The largest absolute Gasteiger partial charge is 0.497 e. The number of nitrogens with zero attached hydrogens (tertiary/aromatic N) is 2. The molecule has 0 fully saturated rings. The summed E-state index contributed by atoms with van der Waals surface area (Å²) < 4.78 is 32.6. The van der Waals surface area contributed by atoms with Gasteiger partial charge in [-0.25, -0.2) is 18.1 Å². The third-order valence-electron chi connectivity index (χ3n) is 5.82. The molecule has 4 rings (SSSR count). The molecular formula is C28H29N5O4S. The number of anilines is 1. The van der Waals surface area contributed by atoms with Crippen molar-refractivity contribution in [2.24, 2.45) is 0 Å². The molecule has 0 aliphatic carbocycles. The number of amides is 1. The van der Waals surface area contributed by atoms with Gasteiger partial charge in [-0.1, -0.05) is 30.3 Å². The maximum atomic E-state index is 13.1. The van der Waals surface area contributed by atoms with Crippen LogP contribution in [-0.2, 0) is 16.6 Å². The van der Waals surface area contributed by atoms with Crippen LogP contribution in [0.2, 0.25) is 0 Å². The highest BCUT2D eigenvalue weighted by molar-refractivity contribution is 7.89. The molecule has 2 heterocycles. The van der Waals surface area contributed by atoms with Crippen LogP contribution < -0.4 is 20.1 Å². The van der Waals surface area contributed by atoms with Crippen molar-refractivity contribution in [3.8, 4) is 17.0 Å². The van der Waals surface area contributed by atoms with E-state index in [1.165, 1.54) is 19.2 Å². The molecule has 2 aromatic heterocycles. The number of aryl methyl sites for hydroxylation is 1. The van der Waals surface area contributed by atoms with E-state index in [9.17, 15) is 13.2 Å². The molecule has 0 bridgehead atoms. The van der Waals surface area contributed by atoms with Crippen LogP contribution in [0.1, 0.15) is 21.5 Å². The third-order valence-corrected chi connectivity index (χ3v) is 7.29. The number of benzene rings is 2. The van der Waals surface area contributed by atoms with Crippen LogP contribution >= 0.6 is 0 Å². The highest BCUT2D eigenvalue weighted by Crippen LogP contribution is 2.25. The number of hydrogen-bond acceptors (Lipinski definition) is 7. The van der Waals surface area contributed by atoms with Crippen LogP contribution in [-0.4, -0.2) is 44.5 Å². The minimum atomic E-state index is -3.72. The summed E-state index contributed by atoms with van der Waals surface area (Å²) in [4.78, 5) is 22.1. The highest BCUT2D eigenvalue weighted by atomic mass is 32.2. The van der Waals surface area contributed by atoms with Gasteiger partial charge >= 0.3 is 0 Å². The molecule has 3 N–H and O–H groups in total. The van der Waals surface area contributed by atoms with Crippen molar-refractivity contribution in [2.75, 3.05) is 25.5 Å². The number of pyridine rings is 2. The molecule has 0 aliphatic heterocycles. The van der Waals surface area contributed by atoms with Crippen molar-refractivity contribution in [2.45, 2.75) is 18.4 Å². The second kappa shape index (κ2) is 12.3. The molecule has 2 aromatic carbocycles. The summed E-state index contributed by atoms with van der Waals surface area (Å²) in [6.07, 6.45) is 3.44. The van der Waals surface area contributed by atoms with E-state index in [2.05, 4.69) is 20.3 Å². The Hall–Kier alpha value is -4.28. The van der Waals surface area contributed by atoms with Gasteiger partial charge in [0.15, 0.2) is 0 Å². The number of carbonyl (C=O) groups excluding carboxylic acids is 1. The fourth-order valence-corrected chi connectivity index (χ4v) is 4.80. The van der Waals surface area contributed by atoms with Gasteiger partial charge in [0.1, 0.15) is 11.6 Å². The minimum Gasteiger partial charge on any atom is -0.497 e. The second-order valence-corrected chi connectivity index (χ2v) is 10.2. The lowest BCUT2D eigenvalue weighted by molar-refractivity contribution is 0.0955. The Morgan fingerprint density at radius 3 is 2.45 bits per heavy atom. The van der Waals surface area contributed by atoms with Gasteiger partial charge in [0.2, 0.25) is 10.0 Å². The van der Waals surface area contributed by atoms with Gasteiger partial charge in [-0.05, 0) is 60.5 Å². The lowest BCUT2D eigenvalue weighted by Gasteiger charge is -2.14. The fourth-order valence-electron chi connectivity index (χ4n) is 3.77. The number of rotatable bonds is 11. The van der Waals surface area contributed by atoms with Gasteiger partial charge < -0.3 is 15.4 Å². The summed E-state index contributed by atoms with van der Waals surface area (Å²) >= 11 is 0. The van der Waals surface area contributed by atoms with E-state index in [0.717, 1.165) is 22.4 Å². The fraction of sp³-hybridized carbons (Fsp3) is 0.179. The van der Waals surface area contributed by atoms with Gasteiger partial charge in [-0.2, -0.15) is 0 Å². The summed E-state index contributed by atoms with van der Waals surface area (Å²) in [7, 11) is -2.21. The number of hydrogen-bond donors (Lipinski definition) is 3. The quantitative estimate of drug-likeness (QED) is 0.252. The van der Waals surface area contributed by atoms with Crippen molar-refractivity contribution in [1.82, 2.24) is 20.0 Å². The average Bonchev–Trinajstić information content (AvgIpc) is 2.95. The van der Waals surface area contributed by atoms with Crippen LogP contribution in [0.25, 0.3) is 11.3 Å². The smallest absolute Gasteiger partial charge is 0.255 e. The van der Waals surface area contributed by atoms with Gasteiger partial charge in [0.25, 0.3) is 5.91 Å². The number of aromatic nitrogens is 2. The molecule has 38 heavy (non-hydrogen) atoms. The van der Waals surface area contributed by atoms with E-state index >= 15 is 0 Å². The average molecular weight is 532 g/mol. The summed E-state index contributed by atoms with van der Waals surface area (Å²) in [6.45, 7) is 2.55. The molecule has 0 atom stereocenters. The van der Waals surface area contributed by atoms with E-state index in [-0.39, 0.29) is 23.9 Å². The molecule has 196 valence electrons. The second-order valence-electron chi connectivity index (χ2n) is 8.45. The lowest BCUT2D eigenvalue weighted by Crippen LogP contribution is -2.35. The molecular weight excluding hydrogens is 502 g/mol. The molecule has 0 unspecified atom stereocenters. The molecule has 0 aliphatic rings. The standard InChI is InChI=1S/C28H29N5O4S/c1-20-6-3-4-8-24(20)26-14-13-25(27(33-26)31-19-21-7-5-15-29-18-21)28(34)30-16-17-32-38(35,36)23-11-9-22(37-2)10-12-23/h3-15,18,32H,16-17,19H2,1-2H3,(H,30,34)(H,31,33). The van der Waals surface area contributed by atoms with Crippen molar-refractivity contribution in [1.29, 1.82) is 0 Å². The van der Waals surface area contributed by atoms with E-state index in [1.807, 2.05) is 43.3 Å². The zero-order chi connectivity index (χ0) is 27.0. The van der Waals surface area contributed by atoms with Crippen molar-refractivity contribution in [3.63, 3.8) is 0 Å². The Balaban J connectivity index is 1.45. The van der Waals surface area contributed by atoms with Crippen molar-refractivity contribution < 1.29 is 17.9 Å². The van der Waals surface area contributed by atoms with E-state index < -0.39 is 10.0 Å². The van der Waals surface area contributed by atoms with Crippen molar-refractivity contribution in [3.05, 3.63) is 102 Å². The Kier molecular flexibility index (Phi) is 8.67. The lowest BCUT2D eigenvalue weighted by atomic mass is 10.0. The Morgan fingerprint density at radius 2 is 1.74 bits per heavy atom. The minimum absolute atomic E-state index is 0.0211. The number of sulfonamides is 1. The first-order valence-electron chi connectivity index (χ1n) is 12.0. The van der Waals surface area contributed by atoms with Gasteiger partial charge in [-0.15, -0.1) is 0 Å². The maximum Gasteiger partial charge on any atom is 0.255 e. The summed E-state index contributed by atoms with van der Waals surface area (Å²) in [6, 6.07) is 21.3.